The van der Waals surface area contributed by atoms with Gasteiger partial charge in [-0.15, -0.1) is 0 Å². The molecule has 7 heteroatoms. The summed E-state index contributed by atoms with van der Waals surface area (Å²) in [5.74, 6) is 2.85. The first-order valence-corrected chi connectivity index (χ1v) is 7.87. The molecule has 0 atom stereocenters. The molecule has 0 bridgehead atoms. The van der Waals surface area contributed by atoms with Crippen molar-refractivity contribution in [2.75, 3.05) is 50.7 Å². The van der Waals surface area contributed by atoms with Crippen LogP contribution in [0.25, 0.3) is 0 Å². The zero-order valence-electron chi connectivity index (χ0n) is 14.2. The maximum atomic E-state index is 5.41. The Morgan fingerprint density at radius 1 is 1.08 bits per heavy atom. The highest BCUT2D eigenvalue weighted by molar-refractivity contribution is 5.65. The van der Waals surface area contributed by atoms with Crippen LogP contribution in [-0.2, 0) is 4.74 Å². The largest absolute Gasteiger partial charge is 0.497 e. The Kier molecular flexibility index (Phi) is 5.00. The van der Waals surface area contributed by atoms with Crippen LogP contribution in [0, 0.1) is 6.92 Å². The molecule has 1 aliphatic heterocycles. The fraction of sp³-hybridized carbons (Fsp3) is 0.412. The van der Waals surface area contributed by atoms with Crippen molar-refractivity contribution in [2.45, 2.75) is 6.92 Å². The van der Waals surface area contributed by atoms with Crippen LogP contribution < -0.4 is 19.7 Å². The third-order valence-electron chi connectivity index (χ3n) is 3.83. The molecule has 2 heterocycles. The fourth-order valence-corrected chi connectivity index (χ4v) is 2.58. The maximum Gasteiger partial charge on any atom is 0.229 e. The Labute approximate surface area is 141 Å². The number of ether oxygens (including phenoxy) is 3. The van der Waals surface area contributed by atoms with E-state index in [2.05, 4.69) is 20.2 Å². The number of morpholine rings is 1. The SMILES string of the molecule is COc1ccc(Nc2nc(C)cc(N3CCOCC3)n2)c(OC)c1. The molecule has 1 aromatic heterocycles. The summed E-state index contributed by atoms with van der Waals surface area (Å²) in [6, 6.07) is 7.56. The molecule has 128 valence electrons. The second kappa shape index (κ2) is 7.35. The van der Waals surface area contributed by atoms with E-state index in [-0.39, 0.29) is 0 Å². The average Bonchev–Trinajstić information content (AvgIpc) is 2.62. The minimum Gasteiger partial charge on any atom is -0.497 e. The Morgan fingerprint density at radius 2 is 1.88 bits per heavy atom. The summed E-state index contributed by atoms with van der Waals surface area (Å²) in [7, 11) is 3.25. The van der Waals surface area contributed by atoms with Crippen LogP contribution in [0.2, 0.25) is 0 Å². The molecule has 0 unspecified atom stereocenters. The Bertz CT molecular complexity index is 702. The summed E-state index contributed by atoms with van der Waals surface area (Å²) < 4.78 is 16.0. The van der Waals surface area contributed by atoms with Crippen molar-refractivity contribution < 1.29 is 14.2 Å². The van der Waals surface area contributed by atoms with Gasteiger partial charge in [-0.3, -0.25) is 0 Å². The van der Waals surface area contributed by atoms with Gasteiger partial charge in [0.15, 0.2) is 0 Å². The number of rotatable bonds is 5. The molecule has 0 radical (unpaired) electrons. The van der Waals surface area contributed by atoms with Gasteiger partial charge in [-0.2, -0.15) is 4.98 Å². The Morgan fingerprint density at radius 3 is 2.58 bits per heavy atom. The lowest BCUT2D eigenvalue weighted by Crippen LogP contribution is -2.36. The minimum atomic E-state index is 0.542. The molecule has 7 nitrogen and oxygen atoms in total. The number of hydrogen-bond donors (Lipinski definition) is 1. The van der Waals surface area contributed by atoms with Gasteiger partial charge < -0.3 is 24.4 Å². The number of anilines is 3. The van der Waals surface area contributed by atoms with Crippen LogP contribution in [0.3, 0.4) is 0 Å². The molecular weight excluding hydrogens is 308 g/mol. The summed E-state index contributed by atoms with van der Waals surface area (Å²) in [6.45, 7) is 5.07. The van der Waals surface area contributed by atoms with Crippen LogP contribution in [0.1, 0.15) is 5.69 Å². The number of hydrogen-bond acceptors (Lipinski definition) is 7. The predicted molar refractivity (Wildman–Crippen MR) is 92.6 cm³/mol. The normalized spacial score (nSPS) is 14.4. The van der Waals surface area contributed by atoms with Gasteiger partial charge in [0.05, 0.1) is 33.1 Å². The summed E-state index contributed by atoms with van der Waals surface area (Å²) in [4.78, 5) is 11.3. The molecule has 1 fully saturated rings. The first kappa shape index (κ1) is 16.3. The number of methoxy groups -OCH3 is 2. The number of nitrogens with zero attached hydrogens (tertiary/aromatic N) is 3. The van der Waals surface area contributed by atoms with Crippen molar-refractivity contribution in [2.24, 2.45) is 0 Å². The summed E-state index contributed by atoms with van der Waals surface area (Å²) in [5, 5.41) is 3.23. The second-order valence-electron chi connectivity index (χ2n) is 5.48. The van der Waals surface area contributed by atoms with Crippen molar-refractivity contribution >= 4 is 17.5 Å². The van der Waals surface area contributed by atoms with Crippen molar-refractivity contribution in [1.29, 1.82) is 0 Å². The lowest BCUT2D eigenvalue weighted by molar-refractivity contribution is 0.122. The fourth-order valence-electron chi connectivity index (χ4n) is 2.58. The van der Waals surface area contributed by atoms with E-state index in [0.717, 1.165) is 49.3 Å². The van der Waals surface area contributed by atoms with Crippen LogP contribution in [0.15, 0.2) is 24.3 Å². The average molecular weight is 330 g/mol. The molecule has 0 saturated carbocycles. The molecule has 24 heavy (non-hydrogen) atoms. The van der Waals surface area contributed by atoms with E-state index < -0.39 is 0 Å². The van der Waals surface area contributed by atoms with E-state index in [1.807, 2.05) is 31.2 Å². The van der Waals surface area contributed by atoms with Crippen molar-refractivity contribution in [1.82, 2.24) is 9.97 Å². The van der Waals surface area contributed by atoms with E-state index in [4.69, 9.17) is 14.2 Å². The van der Waals surface area contributed by atoms with Gasteiger partial charge in [-0.25, -0.2) is 4.98 Å². The number of aromatic nitrogens is 2. The van der Waals surface area contributed by atoms with Gasteiger partial charge in [0, 0.05) is 30.9 Å². The highest BCUT2D eigenvalue weighted by atomic mass is 16.5. The quantitative estimate of drug-likeness (QED) is 0.902. The van der Waals surface area contributed by atoms with Crippen LogP contribution in [0.4, 0.5) is 17.5 Å². The standard InChI is InChI=1S/C17H22N4O3/c1-12-10-16(21-6-8-24-9-7-21)20-17(18-12)19-14-5-4-13(22-2)11-15(14)23-3/h4-5,10-11H,6-9H2,1-3H3,(H,18,19,20). The zero-order valence-corrected chi connectivity index (χ0v) is 14.2. The zero-order chi connectivity index (χ0) is 16.9. The van der Waals surface area contributed by atoms with Crippen molar-refractivity contribution in [3.8, 4) is 11.5 Å². The predicted octanol–water partition coefficient (Wildman–Crippen LogP) is 2.38. The van der Waals surface area contributed by atoms with E-state index in [1.165, 1.54) is 0 Å². The molecular formula is C17H22N4O3. The molecule has 1 N–H and O–H groups in total. The third-order valence-corrected chi connectivity index (χ3v) is 3.83. The first-order valence-electron chi connectivity index (χ1n) is 7.87. The second-order valence-corrected chi connectivity index (χ2v) is 5.48. The van der Waals surface area contributed by atoms with Crippen LogP contribution in [0.5, 0.6) is 11.5 Å². The van der Waals surface area contributed by atoms with Crippen molar-refractivity contribution in [3.05, 3.63) is 30.0 Å². The molecule has 0 aliphatic carbocycles. The number of aryl methyl sites for hydroxylation is 1. The van der Waals surface area contributed by atoms with Gasteiger partial charge in [-0.05, 0) is 19.1 Å². The van der Waals surface area contributed by atoms with Crippen LogP contribution >= 0.6 is 0 Å². The monoisotopic (exact) mass is 330 g/mol. The topological polar surface area (TPSA) is 68.7 Å². The smallest absolute Gasteiger partial charge is 0.229 e. The molecule has 0 amide bonds. The lowest BCUT2D eigenvalue weighted by atomic mass is 10.2. The van der Waals surface area contributed by atoms with E-state index in [9.17, 15) is 0 Å². The first-order chi connectivity index (χ1) is 11.7. The number of nitrogens with one attached hydrogen (secondary N) is 1. The van der Waals surface area contributed by atoms with Gasteiger partial charge >= 0.3 is 0 Å². The summed E-state index contributed by atoms with van der Waals surface area (Å²) in [5.41, 5.74) is 1.69. The van der Waals surface area contributed by atoms with Gasteiger partial charge in [0.1, 0.15) is 17.3 Å². The van der Waals surface area contributed by atoms with E-state index in [1.54, 1.807) is 14.2 Å². The molecule has 0 spiro atoms. The maximum absolute atomic E-state index is 5.41. The molecule has 1 aliphatic rings. The third kappa shape index (κ3) is 3.68. The Balaban J connectivity index is 1.86. The summed E-state index contributed by atoms with van der Waals surface area (Å²) in [6.07, 6.45) is 0. The highest BCUT2D eigenvalue weighted by Gasteiger charge is 2.15. The van der Waals surface area contributed by atoms with Gasteiger partial charge in [0.2, 0.25) is 5.95 Å². The molecule has 2 aromatic rings. The molecule has 1 saturated heterocycles. The minimum absolute atomic E-state index is 0.542. The van der Waals surface area contributed by atoms with Crippen LogP contribution in [-0.4, -0.2) is 50.5 Å². The Hall–Kier alpha value is -2.54. The van der Waals surface area contributed by atoms with Gasteiger partial charge in [0.25, 0.3) is 0 Å². The number of benzene rings is 1. The highest BCUT2D eigenvalue weighted by Crippen LogP contribution is 2.31. The van der Waals surface area contributed by atoms with E-state index in [0.29, 0.717) is 11.7 Å². The summed E-state index contributed by atoms with van der Waals surface area (Å²) >= 11 is 0. The molecule has 3 rings (SSSR count). The van der Waals surface area contributed by atoms with E-state index >= 15 is 0 Å². The van der Waals surface area contributed by atoms with Crippen molar-refractivity contribution in [3.63, 3.8) is 0 Å². The molecule has 1 aromatic carbocycles. The lowest BCUT2D eigenvalue weighted by Gasteiger charge is -2.28. The van der Waals surface area contributed by atoms with Gasteiger partial charge in [-0.1, -0.05) is 0 Å².